The van der Waals surface area contributed by atoms with E-state index in [1.807, 2.05) is 12.1 Å². The Balaban J connectivity index is 1.67. The van der Waals surface area contributed by atoms with Crippen molar-refractivity contribution in [2.45, 2.75) is 64.3 Å². The second-order valence-corrected chi connectivity index (χ2v) is 9.70. The number of likely N-dealkylation sites (tertiary alicyclic amines) is 1. The molecule has 1 atom stereocenters. The number of carbonyl (C=O) groups is 1. The average molecular weight is 497 g/mol. The van der Waals surface area contributed by atoms with Crippen LogP contribution in [0.3, 0.4) is 0 Å². The number of benzene rings is 2. The van der Waals surface area contributed by atoms with Crippen LogP contribution < -0.4 is 5.43 Å². The van der Waals surface area contributed by atoms with Crippen molar-refractivity contribution in [3.8, 4) is 0 Å². The van der Waals surface area contributed by atoms with Crippen LogP contribution in [0.4, 0.5) is 8.78 Å². The van der Waals surface area contributed by atoms with Gasteiger partial charge in [-0.2, -0.15) is 0 Å². The molecule has 1 aliphatic heterocycles. The molecule has 0 radical (unpaired) electrons. The lowest BCUT2D eigenvalue weighted by molar-refractivity contribution is -0.140. The smallest absolute Gasteiger partial charge is 0.326 e. The van der Waals surface area contributed by atoms with E-state index in [1.165, 1.54) is 37.5 Å². The van der Waals surface area contributed by atoms with Crippen molar-refractivity contribution in [2.75, 3.05) is 19.6 Å². The molecule has 192 valence electrons. The molecule has 1 aliphatic rings. The maximum Gasteiger partial charge on any atom is 0.326 e. The monoisotopic (exact) mass is 496 g/mol. The van der Waals surface area contributed by atoms with E-state index in [4.69, 9.17) is 0 Å². The zero-order valence-corrected chi connectivity index (χ0v) is 20.8. The number of aliphatic carboxylic acids is 1. The van der Waals surface area contributed by atoms with Gasteiger partial charge in [-0.25, -0.2) is 13.6 Å². The third-order valence-electron chi connectivity index (χ3n) is 7.25. The first-order chi connectivity index (χ1) is 17.4. The molecule has 1 saturated heterocycles. The van der Waals surface area contributed by atoms with Crippen LogP contribution in [0.2, 0.25) is 0 Å². The molecule has 1 fully saturated rings. The van der Waals surface area contributed by atoms with Crippen molar-refractivity contribution in [3.63, 3.8) is 0 Å². The van der Waals surface area contributed by atoms with Gasteiger partial charge < -0.3 is 14.6 Å². The molecule has 0 amide bonds. The Morgan fingerprint density at radius 1 is 1.03 bits per heavy atom. The molecule has 0 aliphatic carbocycles. The molecule has 2 aromatic carbocycles. The quantitative estimate of drug-likeness (QED) is 0.402. The third kappa shape index (κ3) is 5.84. The van der Waals surface area contributed by atoms with Gasteiger partial charge in [-0.1, -0.05) is 31.5 Å². The second kappa shape index (κ2) is 11.8. The van der Waals surface area contributed by atoms with E-state index in [2.05, 4.69) is 4.90 Å². The molecule has 7 heteroatoms. The average Bonchev–Trinajstić information content (AvgIpc) is 2.87. The van der Waals surface area contributed by atoms with Crippen molar-refractivity contribution in [1.82, 2.24) is 9.47 Å². The molecule has 1 unspecified atom stereocenters. The van der Waals surface area contributed by atoms with Crippen LogP contribution in [0, 0.1) is 11.6 Å². The highest BCUT2D eigenvalue weighted by Crippen LogP contribution is 2.25. The van der Waals surface area contributed by atoms with Crippen molar-refractivity contribution in [2.24, 2.45) is 0 Å². The predicted octanol–water partition coefficient (Wildman–Crippen LogP) is 5.52. The molecule has 2 heterocycles. The summed E-state index contributed by atoms with van der Waals surface area (Å²) in [6.07, 6.45) is 6.32. The number of piperidine rings is 1. The second-order valence-electron chi connectivity index (χ2n) is 9.70. The van der Waals surface area contributed by atoms with Gasteiger partial charge in [0.25, 0.3) is 0 Å². The maximum absolute atomic E-state index is 14.3. The summed E-state index contributed by atoms with van der Waals surface area (Å²) in [5.74, 6) is -2.82. The van der Waals surface area contributed by atoms with E-state index in [9.17, 15) is 23.5 Å². The minimum atomic E-state index is -0.990. The molecule has 0 spiro atoms. The highest BCUT2D eigenvalue weighted by Gasteiger charge is 2.23. The SMILES string of the molecule is CCC(C(=O)O)n1c(CCc2cccc(F)c2F)cc(=O)c2ccc(CCCN3CCCCC3)cc21. The molecular formula is C29H34F2N2O3. The van der Waals surface area contributed by atoms with Gasteiger partial charge in [0.1, 0.15) is 6.04 Å². The number of carboxylic acid groups (broad SMARTS) is 1. The summed E-state index contributed by atoms with van der Waals surface area (Å²) in [6, 6.07) is 10.3. The molecular weight excluding hydrogens is 462 g/mol. The Hall–Kier alpha value is -3.06. The number of hydrogen-bond acceptors (Lipinski definition) is 3. The van der Waals surface area contributed by atoms with Gasteiger partial charge in [0.2, 0.25) is 0 Å². The van der Waals surface area contributed by atoms with E-state index >= 15 is 0 Å². The Bertz CT molecular complexity index is 1280. The summed E-state index contributed by atoms with van der Waals surface area (Å²) < 4.78 is 29.7. The predicted molar refractivity (Wildman–Crippen MR) is 138 cm³/mol. The number of hydrogen-bond donors (Lipinski definition) is 1. The summed E-state index contributed by atoms with van der Waals surface area (Å²) in [4.78, 5) is 27.7. The van der Waals surface area contributed by atoms with Crippen molar-refractivity contribution in [3.05, 3.63) is 81.1 Å². The lowest BCUT2D eigenvalue weighted by Crippen LogP contribution is -2.30. The summed E-state index contributed by atoms with van der Waals surface area (Å²) in [6.45, 7) is 5.10. The number of aromatic nitrogens is 1. The normalized spacial score (nSPS) is 15.3. The minimum Gasteiger partial charge on any atom is -0.480 e. The fourth-order valence-corrected chi connectivity index (χ4v) is 5.32. The standard InChI is InChI=1S/C29H34F2N2O3/c1-2-25(29(35)36)33-22(13-12-21-9-6-10-24(30)28(21)31)19-27(34)23-14-11-20(18-26(23)33)8-7-17-32-15-4-3-5-16-32/h6,9-11,14,18-19,25H,2-5,7-8,12-13,15-17H2,1H3,(H,35,36). The van der Waals surface area contributed by atoms with Crippen LogP contribution in [0.5, 0.6) is 0 Å². The zero-order chi connectivity index (χ0) is 25.7. The first kappa shape index (κ1) is 26.0. The number of aryl methyl sites for hydroxylation is 3. The van der Waals surface area contributed by atoms with Gasteiger partial charge in [-0.15, -0.1) is 0 Å². The van der Waals surface area contributed by atoms with Crippen LogP contribution in [0.15, 0.2) is 47.3 Å². The molecule has 1 N–H and O–H groups in total. The number of pyridine rings is 1. The first-order valence-electron chi connectivity index (χ1n) is 12.9. The highest BCUT2D eigenvalue weighted by molar-refractivity contribution is 5.83. The molecule has 0 bridgehead atoms. The molecule has 0 saturated carbocycles. The van der Waals surface area contributed by atoms with Gasteiger partial charge in [-0.3, -0.25) is 4.79 Å². The maximum atomic E-state index is 14.3. The Labute approximate surface area is 210 Å². The Morgan fingerprint density at radius 2 is 1.81 bits per heavy atom. The number of rotatable bonds is 10. The van der Waals surface area contributed by atoms with Crippen LogP contribution in [0.1, 0.15) is 61.9 Å². The lowest BCUT2D eigenvalue weighted by Gasteiger charge is -2.26. The number of fused-ring (bicyclic) bond motifs is 1. The largest absolute Gasteiger partial charge is 0.480 e. The summed E-state index contributed by atoms with van der Waals surface area (Å²) in [5.41, 5.74) is 2.15. The van der Waals surface area contributed by atoms with Crippen molar-refractivity contribution < 1.29 is 18.7 Å². The van der Waals surface area contributed by atoms with Gasteiger partial charge in [-0.05, 0) is 93.9 Å². The number of halogens is 2. The van der Waals surface area contributed by atoms with Gasteiger partial charge in [0.15, 0.2) is 17.1 Å². The van der Waals surface area contributed by atoms with E-state index in [-0.39, 0.29) is 23.8 Å². The van der Waals surface area contributed by atoms with E-state index in [1.54, 1.807) is 17.6 Å². The van der Waals surface area contributed by atoms with Gasteiger partial charge >= 0.3 is 5.97 Å². The van der Waals surface area contributed by atoms with Crippen LogP contribution in [-0.4, -0.2) is 40.2 Å². The van der Waals surface area contributed by atoms with Crippen molar-refractivity contribution >= 4 is 16.9 Å². The number of carboxylic acids is 1. The van der Waals surface area contributed by atoms with Crippen LogP contribution in [0.25, 0.3) is 10.9 Å². The lowest BCUT2D eigenvalue weighted by atomic mass is 10.0. The van der Waals surface area contributed by atoms with E-state index in [0.717, 1.165) is 44.1 Å². The summed E-state index contributed by atoms with van der Waals surface area (Å²) >= 11 is 0. The Morgan fingerprint density at radius 3 is 2.53 bits per heavy atom. The van der Waals surface area contributed by atoms with Crippen molar-refractivity contribution in [1.29, 1.82) is 0 Å². The zero-order valence-electron chi connectivity index (χ0n) is 20.8. The summed E-state index contributed by atoms with van der Waals surface area (Å²) in [7, 11) is 0. The van der Waals surface area contributed by atoms with Crippen LogP contribution in [-0.2, 0) is 24.1 Å². The van der Waals surface area contributed by atoms with Gasteiger partial charge in [0, 0.05) is 17.1 Å². The Kier molecular flexibility index (Phi) is 8.52. The fraction of sp³-hybridized carbons (Fsp3) is 0.448. The van der Waals surface area contributed by atoms with E-state index in [0.29, 0.717) is 23.0 Å². The molecule has 3 aromatic rings. The van der Waals surface area contributed by atoms with Crippen LogP contribution >= 0.6 is 0 Å². The van der Waals surface area contributed by atoms with Gasteiger partial charge in [0.05, 0.1) is 5.52 Å². The molecule has 4 rings (SSSR count). The molecule has 36 heavy (non-hydrogen) atoms. The summed E-state index contributed by atoms with van der Waals surface area (Å²) in [5, 5.41) is 10.5. The molecule has 5 nitrogen and oxygen atoms in total. The number of nitrogens with zero attached hydrogens (tertiary/aromatic N) is 2. The van der Waals surface area contributed by atoms with E-state index < -0.39 is 23.6 Å². The topological polar surface area (TPSA) is 62.5 Å². The highest BCUT2D eigenvalue weighted by atomic mass is 19.2. The third-order valence-corrected chi connectivity index (χ3v) is 7.25. The minimum absolute atomic E-state index is 0.153. The molecule has 1 aromatic heterocycles. The first-order valence-corrected chi connectivity index (χ1v) is 12.9. The fourth-order valence-electron chi connectivity index (χ4n) is 5.32.